The molecule has 3 rings (SSSR count). The van der Waals surface area contributed by atoms with Crippen LogP contribution in [0.5, 0.6) is 0 Å². The molecule has 18 heavy (non-hydrogen) atoms. The first-order valence-corrected chi connectivity index (χ1v) is 6.91. The van der Waals surface area contributed by atoms with Gasteiger partial charge in [0.25, 0.3) is 0 Å². The Morgan fingerprint density at radius 2 is 2.06 bits per heavy atom. The smallest absolute Gasteiger partial charge is 0.180 e. The lowest BCUT2D eigenvalue weighted by Gasteiger charge is -2.36. The highest BCUT2D eigenvalue weighted by Gasteiger charge is 2.32. The van der Waals surface area contributed by atoms with Crippen LogP contribution in [-0.4, -0.2) is 42.9 Å². The van der Waals surface area contributed by atoms with Crippen molar-refractivity contribution in [1.29, 1.82) is 0 Å². The van der Waals surface area contributed by atoms with Gasteiger partial charge in [-0.25, -0.2) is 0 Å². The van der Waals surface area contributed by atoms with Gasteiger partial charge in [-0.3, -0.25) is 9.69 Å². The van der Waals surface area contributed by atoms with Crippen molar-refractivity contribution in [3.63, 3.8) is 0 Å². The van der Waals surface area contributed by atoms with Crippen LogP contribution >= 0.6 is 11.6 Å². The van der Waals surface area contributed by atoms with Gasteiger partial charge in [0.2, 0.25) is 0 Å². The maximum Gasteiger partial charge on any atom is 0.180 e. The Labute approximate surface area is 112 Å². The first kappa shape index (κ1) is 12.2. The molecule has 1 aromatic rings. The molecule has 1 aromatic carbocycles. The van der Waals surface area contributed by atoms with Crippen molar-refractivity contribution in [2.45, 2.75) is 18.9 Å². The summed E-state index contributed by atoms with van der Waals surface area (Å²) >= 11 is 6.00. The topological polar surface area (TPSA) is 32.3 Å². The summed E-state index contributed by atoms with van der Waals surface area (Å²) in [6.45, 7) is 3.89. The van der Waals surface area contributed by atoms with E-state index in [1.165, 1.54) is 0 Å². The summed E-state index contributed by atoms with van der Waals surface area (Å²) in [5, 5.41) is 3.98. The predicted octanol–water partition coefficient (Wildman–Crippen LogP) is 1.74. The number of hydrogen-bond acceptors (Lipinski definition) is 3. The third kappa shape index (κ3) is 2.18. The number of ketones is 1. The van der Waals surface area contributed by atoms with Crippen molar-refractivity contribution < 1.29 is 4.79 Å². The number of Topliss-reactive ketones (excluding diaryl/α,β-unsaturated/α-hetero) is 1. The summed E-state index contributed by atoms with van der Waals surface area (Å²) in [5.41, 5.74) is 1.98. The van der Waals surface area contributed by atoms with Gasteiger partial charge < -0.3 is 5.32 Å². The lowest BCUT2D eigenvalue weighted by molar-refractivity contribution is 0.0766. The highest BCUT2D eigenvalue weighted by Crippen LogP contribution is 2.27. The highest BCUT2D eigenvalue weighted by molar-refractivity contribution is 6.31. The number of carbonyl (C=O) groups is 1. The predicted molar refractivity (Wildman–Crippen MR) is 72.3 cm³/mol. The summed E-state index contributed by atoms with van der Waals surface area (Å²) in [6, 6.07) is 5.74. The number of nitrogens with zero attached hydrogens (tertiary/aromatic N) is 1. The van der Waals surface area contributed by atoms with Crippen molar-refractivity contribution >= 4 is 17.4 Å². The number of carbonyl (C=O) groups excluding carboxylic acids is 1. The second-order valence-corrected chi connectivity index (χ2v) is 5.44. The lowest BCUT2D eigenvalue weighted by Crippen LogP contribution is -2.52. The maximum atomic E-state index is 12.5. The van der Waals surface area contributed by atoms with Crippen LogP contribution in [0.15, 0.2) is 18.2 Å². The number of aryl methyl sites for hydroxylation is 1. The van der Waals surface area contributed by atoms with Crippen LogP contribution in [0.4, 0.5) is 0 Å². The number of fused-ring (bicyclic) bond motifs is 1. The van der Waals surface area contributed by atoms with Crippen LogP contribution in [0.3, 0.4) is 0 Å². The van der Waals surface area contributed by atoms with Gasteiger partial charge in [0.15, 0.2) is 5.78 Å². The monoisotopic (exact) mass is 264 g/mol. The van der Waals surface area contributed by atoms with Crippen molar-refractivity contribution in [3.8, 4) is 0 Å². The molecule has 1 fully saturated rings. The first-order valence-electron chi connectivity index (χ1n) is 6.53. The van der Waals surface area contributed by atoms with E-state index in [2.05, 4.69) is 10.2 Å². The number of hydrogen-bond donors (Lipinski definition) is 1. The molecule has 1 N–H and O–H groups in total. The number of halogens is 1. The maximum absolute atomic E-state index is 12.5. The van der Waals surface area contributed by atoms with Crippen LogP contribution in [-0.2, 0) is 6.42 Å². The molecule has 96 valence electrons. The van der Waals surface area contributed by atoms with Gasteiger partial charge in [-0.05, 0) is 30.5 Å². The van der Waals surface area contributed by atoms with Crippen molar-refractivity contribution in [1.82, 2.24) is 10.2 Å². The van der Waals surface area contributed by atoms with E-state index in [1.807, 2.05) is 18.2 Å². The average molecular weight is 265 g/mol. The molecule has 1 aliphatic heterocycles. The zero-order valence-electron chi connectivity index (χ0n) is 10.3. The summed E-state index contributed by atoms with van der Waals surface area (Å²) in [4.78, 5) is 14.9. The molecule has 0 radical (unpaired) electrons. The van der Waals surface area contributed by atoms with E-state index in [-0.39, 0.29) is 11.8 Å². The number of nitrogens with one attached hydrogen (secondary N) is 1. The molecule has 1 saturated heterocycles. The fourth-order valence-electron chi connectivity index (χ4n) is 2.94. The molecule has 1 unspecified atom stereocenters. The minimum atomic E-state index is 0.0538. The highest BCUT2D eigenvalue weighted by atomic mass is 35.5. The van der Waals surface area contributed by atoms with Crippen LogP contribution in [0, 0.1) is 0 Å². The summed E-state index contributed by atoms with van der Waals surface area (Å²) in [7, 11) is 0. The molecule has 1 heterocycles. The van der Waals surface area contributed by atoms with E-state index in [0.717, 1.165) is 50.1 Å². The Morgan fingerprint density at radius 1 is 1.28 bits per heavy atom. The zero-order chi connectivity index (χ0) is 12.5. The molecule has 2 aliphatic rings. The largest absolute Gasteiger partial charge is 0.314 e. The molecule has 3 nitrogen and oxygen atoms in total. The van der Waals surface area contributed by atoms with Gasteiger partial charge in [-0.2, -0.15) is 0 Å². The Kier molecular flexibility index (Phi) is 3.37. The quantitative estimate of drug-likeness (QED) is 0.839. The van der Waals surface area contributed by atoms with Gasteiger partial charge in [0.1, 0.15) is 0 Å². The Morgan fingerprint density at radius 3 is 2.83 bits per heavy atom. The SMILES string of the molecule is O=C1c2cc(Cl)ccc2CCC1N1CCNCC1. The standard InChI is InChI=1S/C14H17ClN2O/c15-11-3-1-10-2-4-13(14(18)12(10)9-11)17-7-5-16-6-8-17/h1,3,9,13,16H,2,4-8H2. The fraction of sp³-hybridized carbons (Fsp3) is 0.500. The van der Waals surface area contributed by atoms with Crippen LogP contribution in [0.2, 0.25) is 5.02 Å². The minimum Gasteiger partial charge on any atom is -0.314 e. The first-order chi connectivity index (χ1) is 8.75. The summed E-state index contributed by atoms with van der Waals surface area (Å²) in [6.07, 6.45) is 1.92. The van der Waals surface area contributed by atoms with Crippen molar-refractivity contribution in [2.75, 3.05) is 26.2 Å². The molecule has 4 heteroatoms. The summed E-state index contributed by atoms with van der Waals surface area (Å²) in [5.74, 6) is 0.251. The second-order valence-electron chi connectivity index (χ2n) is 5.01. The van der Waals surface area contributed by atoms with E-state index in [9.17, 15) is 4.79 Å². The Bertz CT molecular complexity index is 469. The van der Waals surface area contributed by atoms with Crippen LogP contribution < -0.4 is 5.32 Å². The summed E-state index contributed by atoms with van der Waals surface area (Å²) < 4.78 is 0. The van der Waals surface area contributed by atoms with Gasteiger partial charge >= 0.3 is 0 Å². The molecule has 1 atom stereocenters. The van der Waals surface area contributed by atoms with E-state index < -0.39 is 0 Å². The second kappa shape index (κ2) is 5.00. The van der Waals surface area contributed by atoms with Crippen LogP contribution in [0.25, 0.3) is 0 Å². The number of rotatable bonds is 1. The van der Waals surface area contributed by atoms with Crippen molar-refractivity contribution in [2.24, 2.45) is 0 Å². The molecule has 1 aliphatic carbocycles. The number of benzene rings is 1. The normalized spacial score (nSPS) is 24.9. The number of piperazine rings is 1. The van der Waals surface area contributed by atoms with Crippen LogP contribution in [0.1, 0.15) is 22.3 Å². The van der Waals surface area contributed by atoms with Gasteiger partial charge in [-0.1, -0.05) is 17.7 Å². The Balaban J connectivity index is 1.86. The van der Waals surface area contributed by atoms with Gasteiger partial charge in [0, 0.05) is 36.8 Å². The van der Waals surface area contributed by atoms with Gasteiger partial charge in [-0.15, -0.1) is 0 Å². The van der Waals surface area contributed by atoms with E-state index >= 15 is 0 Å². The molecule has 0 bridgehead atoms. The molecule has 0 amide bonds. The van der Waals surface area contributed by atoms with E-state index in [1.54, 1.807) is 0 Å². The third-order valence-electron chi connectivity index (χ3n) is 3.92. The van der Waals surface area contributed by atoms with E-state index in [0.29, 0.717) is 5.02 Å². The zero-order valence-corrected chi connectivity index (χ0v) is 11.0. The van der Waals surface area contributed by atoms with E-state index in [4.69, 9.17) is 11.6 Å². The Hall–Kier alpha value is -0.900. The molecule has 0 aromatic heterocycles. The molecule has 0 spiro atoms. The average Bonchev–Trinajstić information content (AvgIpc) is 2.41. The third-order valence-corrected chi connectivity index (χ3v) is 4.15. The molecule has 0 saturated carbocycles. The van der Waals surface area contributed by atoms with Crippen molar-refractivity contribution in [3.05, 3.63) is 34.3 Å². The van der Waals surface area contributed by atoms with Gasteiger partial charge in [0.05, 0.1) is 6.04 Å². The molecular formula is C14H17ClN2O. The minimum absolute atomic E-state index is 0.0538. The molecular weight excluding hydrogens is 248 g/mol. The fourth-order valence-corrected chi connectivity index (χ4v) is 3.11. The lowest BCUT2D eigenvalue weighted by atomic mass is 9.86.